The highest BCUT2D eigenvalue weighted by molar-refractivity contribution is 7.80. The van der Waals surface area contributed by atoms with Gasteiger partial charge < -0.3 is 15.1 Å². The SMILES string of the molecule is O=C(C1CCN(C(=S)N[C@@H]2C[C@H]3CC[C@H]2C3)CC1)N1CCCCC1. The van der Waals surface area contributed by atoms with E-state index in [1.54, 1.807) is 0 Å². The zero-order valence-electron chi connectivity index (χ0n) is 14.7. The lowest BCUT2D eigenvalue weighted by Gasteiger charge is -2.37. The van der Waals surface area contributed by atoms with Gasteiger partial charge in [0.1, 0.15) is 0 Å². The number of nitrogens with zero attached hydrogens (tertiary/aromatic N) is 2. The zero-order chi connectivity index (χ0) is 16.5. The van der Waals surface area contributed by atoms with E-state index in [0.717, 1.165) is 56.0 Å². The van der Waals surface area contributed by atoms with E-state index in [4.69, 9.17) is 12.2 Å². The third-order valence-electron chi connectivity index (χ3n) is 6.85. The first kappa shape index (κ1) is 16.6. The summed E-state index contributed by atoms with van der Waals surface area (Å²) in [5.74, 6) is 2.43. The lowest BCUT2D eigenvalue weighted by Crippen LogP contribution is -2.51. The lowest BCUT2D eigenvalue weighted by molar-refractivity contribution is -0.137. The number of nitrogens with one attached hydrogen (secondary N) is 1. The average Bonchev–Trinajstić information content (AvgIpc) is 3.25. The topological polar surface area (TPSA) is 35.6 Å². The van der Waals surface area contributed by atoms with Crippen molar-refractivity contribution in [2.24, 2.45) is 17.8 Å². The van der Waals surface area contributed by atoms with Crippen LogP contribution < -0.4 is 5.32 Å². The first-order valence-electron chi connectivity index (χ1n) is 10.0. The van der Waals surface area contributed by atoms with Crippen LogP contribution >= 0.6 is 12.2 Å². The molecule has 2 saturated heterocycles. The zero-order valence-corrected chi connectivity index (χ0v) is 15.5. The molecule has 24 heavy (non-hydrogen) atoms. The van der Waals surface area contributed by atoms with E-state index in [9.17, 15) is 4.79 Å². The number of piperidine rings is 2. The van der Waals surface area contributed by atoms with Gasteiger partial charge in [0, 0.05) is 38.1 Å². The van der Waals surface area contributed by atoms with E-state index in [1.165, 1.54) is 44.9 Å². The molecule has 0 unspecified atom stereocenters. The Morgan fingerprint density at radius 3 is 2.25 bits per heavy atom. The number of hydrogen-bond acceptors (Lipinski definition) is 2. The number of rotatable bonds is 2. The number of fused-ring (bicyclic) bond motifs is 2. The van der Waals surface area contributed by atoms with Crippen molar-refractivity contribution in [2.45, 2.75) is 63.8 Å². The summed E-state index contributed by atoms with van der Waals surface area (Å²) < 4.78 is 0. The second-order valence-corrected chi connectivity index (χ2v) is 8.76. The molecule has 0 radical (unpaired) electrons. The van der Waals surface area contributed by atoms with Crippen molar-refractivity contribution < 1.29 is 4.79 Å². The minimum Gasteiger partial charge on any atom is -0.360 e. The van der Waals surface area contributed by atoms with Gasteiger partial charge in [0.25, 0.3) is 0 Å². The van der Waals surface area contributed by atoms with Gasteiger partial charge in [-0.25, -0.2) is 0 Å². The lowest BCUT2D eigenvalue weighted by atomic mass is 9.94. The predicted octanol–water partition coefficient (Wildman–Crippen LogP) is 2.77. The second kappa shape index (κ2) is 7.19. The molecular formula is C19H31N3OS. The van der Waals surface area contributed by atoms with Gasteiger partial charge in [-0.2, -0.15) is 0 Å². The maximum absolute atomic E-state index is 12.7. The molecule has 4 aliphatic rings. The highest BCUT2D eigenvalue weighted by Crippen LogP contribution is 2.44. The van der Waals surface area contributed by atoms with Crippen LogP contribution in [0.1, 0.15) is 57.8 Å². The number of likely N-dealkylation sites (tertiary alicyclic amines) is 2. The van der Waals surface area contributed by atoms with Crippen LogP contribution in [0, 0.1) is 17.8 Å². The Balaban J connectivity index is 1.23. The number of hydrogen-bond donors (Lipinski definition) is 1. The third kappa shape index (κ3) is 3.42. The molecule has 3 atom stereocenters. The molecule has 2 saturated carbocycles. The number of thiocarbonyl (C=S) groups is 1. The summed E-state index contributed by atoms with van der Waals surface area (Å²) >= 11 is 5.68. The van der Waals surface area contributed by atoms with Crippen LogP contribution in [0.5, 0.6) is 0 Å². The van der Waals surface area contributed by atoms with Crippen molar-refractivity contribution in [2.75, 3.05) is 26.2 Å². The molecule has 0 spiro atoms. The molecule has 4 rings (SSSR count). The van der Waals surface area contributed by atoms with Crippen molar-refractivity contribution in [1.29, 1.82) is 0 Å². The number of amides is 1. The summed E-state index contributed by atoms with van der Waals surface area (Å²) in [5.41, 5.74) is 0. The Morgan fingerprint density at radius 1 is 0.875 bits per heavy atom. The molecular weight excluding hydrogens is 318 g/mol. The van der Waals surface area contributed by atoms with Gasteiger partial charge in [-0.05, 0) is 75.4 Å². The summed E-state index contributed by atoms with van der Waals surface area (Å²) in [5, 5.41) is 4.59. The highest BCUT2D eigenvalue weighted by Gasteiger charge is 2.40. The van der Waals surface area contributed by atoms with Gasteiger partial charge in [0.2, 0.25) is 5.91 Å². The Labute approximate surface area is 151 Å². The third-order valence-corrected chi connectivity index (χ3v) is 7.22. The summed E-state index contributed by atoms with van der Waals surface area (Å²) in [6.45, 7) is 3.83. The van der Waals surface area contributed by atoms with Gasteiger partial charge in [-0.1, -0.05) is 6.42 Å². The van der Waals surface area contributed by atoms with E-state index < -0.39 is 0 Å². The molecule has 0 aromatic heterocycles. The van der Waals surface area contributed by atoms with Gasteiger partial charge >= 0.3 is 0 Å². The van der Waals surface area contributed by atoms with E-state index >= 15 is 0 Å². The highest BCUT2D eigenvalue weighted by atomic mass is 32.1. The van der Waals surface area contributed by atoms with Gasteiger partial charge in [-0.15, -0.1) is 0 Å². The normalized spacial score (nSPS) is 33.8. The summed E-state index contributed by atoms with van der Waals surface area (Å²) in [6.07, 6.45) is 11.1. The van der Waals surface area contributed by atoms with Crippen molar-refractivity contribution >= 4 is 23.2 Å². The molecule has 0 aromatic rings. The Bertz CT molecular complexity index is 483. The van der Waals surface area contributed by atoms with Crippen molar-refractivity contribution in [3.63, 3.8) is 0 Å². The molecule has 1 N–H and O–H groups in total. The molecule has 4 fully saturated rings. The largest absolute Gasteiger partial charge is 0.360 e. The first-order chi connectivity index (χ1) is 11.7. The molecule has 2 aliphatic carbocycles. The van der Waals surface area contributed by atoms with Crippen LogP contribution in [-0.4, -0.2) is 53.0 Å². The molecule has 0 aromatic carbocycles. The molecule has 5 heteroatoms. The van der Waals surface area contributed by atoms with E-state index in [-0.39, 0.29) is 5.92 Å². The van der Waals surface area contributed by atoms with Crippen LogP contribution in [0.2, 0.25) is 0 Å². The fraction of sp³-hybridized carbons (Fsp3) is 0.895. The van der Waals surface area contributed by atoms with E-state index in [2.05, 4.69) is 15.1 Å². The fourth-order valence-electron chi connectivity index (χ4n) is 5.37. The monoisotopic (exact) mass is 349 g/mol. The minimum atomic E-state index is 0.227. The van der Waals surface area contributed by atoms with Crippen molar-refractivity contribution in [1.82, 2.24) is 15.1 Å². The van der Waals surface area contributed by atoms with Crippen LogP contribution in [-0.2, 0) is 4.79 Å². The standard InChI is InChI=1S/C19H31N3OS/c23-18(21-8-2-1-3-9-21)15-6-10-22(11-7-15)19(24)20-17-13-14-4-5-16(17)12-14/h14-17H,1-13H2,(H,20,24)/t14-,16-,17+/m0/s1. The Kier molecular flexibility index (Phi) is 4.98. The van der Waals surface area contributed by atoms with Crippen LogP contribution in [0.25, 0.3) is 0 Å². The van der Waals surface area contributed by atoms with Crippen LogP contribution in [0.3, 0.4) is 0 Å². The molecule has 1 amide bonds. The Hall–Kier alpha value is -0.840. The van der Waals surface area contributed by atoms with E-state index in [0.29, 0.717) is 11.9 Å². The van der Waals surface area contributed by atoms with Crippen molar-refractivity contribution in [3.8, 4) is 0 Å². The summed E-state index contributed by atoms with van der Waals surface area (Å²) in [7, 11) is 0. The molecule has 134 valence electrons. The fourth-order valence-corrected chi connectivity index (χ4v) is 5.71. The molecule has 2 heterocycles. The minimum absolute atomic E-state index is 0.227. The van der Waals surface area contributed by atoms with Crippen LogP contribution in [0.4, 0.5) is 0 Å². The molecule has 2 aliphatic heterocycles. The summed E-state index contributed by atoms with van der Waals surface area (Å²) in [4.78, 5) is 17.1. The van der Waals surface area contributed by atoms with Gasteiger partial charge in [-0.3, -0.25) is 4.79 Å². The summed E-state index contributed by atoms with van der Waals surface area (Å²) in [6, 6.07) is 0.615. The van der Waals surface area contributed by atoms with E-state index in [1.807, 2.05) is 0 Å². The molecule has 4 nitrogen and oxygen atoms in total. The molecule has 2 bridgehead atoms. The predicted molar refractivity (Wildman–Crippen MR) is 99.7 cm³/mol. The average molecular weight is 350 g/mol. The maximum Gasteiger partial charge on any atom is 0.225 e. The quantitative estimate of drug-likeness (QED) is 0.778. The van der Waals surface area contributed by atoms with Gasteiger partial charge in [0.05, 0.1) is 0 Å². The Morgan fingerprint density at radius 2 is 1.62 bits per heavy atom. The van der Waals surface area contributed by atoms with Crippen LogP contribution in [0.15, 0.2) is 0 Å². The number of carbonyl (C=O) groups excluding carboxylic acids is 1. The smallest absolute Gasteiger partial charge is 0.225 e. The maximum atomic E-state index is 12.7. The first-order valence-corrected chi connectivity index (χ1v) is 10.5. The number of carbonyl (C=O) groups is 1. The van der Waals surface area contributed by atoms with Gasteiger partial charge in [0.15, 0.2) is 5.11 Å². The van der Waals surface area contributed by atoms with Crippen molar-refractivity contribution in [3.05, 3.63) is 0 Å². The second-order valence-electron chi connectivity index (χ2n) is 8.38.